The summed E-state index contributed by atoms with van der Waals surface area (Å²) in [6.07, 6.45) is 0.172. The summed E-state index contributed by atoms with van der Waals surface area (Å²) >= 11 is 4.50. The van der Waals surface area contributed by atoms with Crippen molar-refractivity contribution >= 4 is 45.2 Å². The summed E-state index contributed by atoms with van der Waals surface area (Å²) in [5.74, 6) is -1.27. The number of benzene rings is 2. The van der Waals surface area contributed by atoms with Crippen LogP contribution < -0.4 is 10.6 Å². The molecule has 0 aliphatic carbocycles. The SMILES string of the molecule is N#CC1=C(SCC(=O)Nc2ccc(F)cc2)NC(=O)CC1c1cccc(Br)c1. The van der Waals surface area contributed by atoms with Gasteiger partial charge in [-0.3, -0.25) is 9.59 Å². The molecule has 1 aliphatic heterocycles. The molecule has 1 atom stereocenters. The Bertz CT molecular complexity index is 986. The molecule has 0 spiro atoms. The van der Waals surface area contributed by atoms with Crippen LogP contribution in [0, 0.1) is 17.1 Å². The van der Waals surface area contributed by atoms with Gasteiger partial charge in [-0.15, -0.1) is 0 Å². The molecule has 5 nitrogen and oxygen atoms in total. The van der Waals surface area contributed by atoms with Gasteiger partial charge in [-0.1, -0.05) is 39.8 Å². The van der Waals surface area contributed by atoms with E-state index in [1.807, 2.05) is 24.3 Å². The second kappa shape index (κ2) is 9.04. The molecule has 2 aromatic rings. The number of hydrogen-bond donors (Lipinski definition) is 2. The first kappa shape index (κ1) is 20.1. The van der Waals surface area contributed by atoms with Gasteiger partial charge in [0.05, 0.1) is 22.4 Å². The van der Waals surface area contributed by atoms with Crippen molar-refractivity contribution in [2.75, 3.05) is 11.1 Å². The van der Waals surface area contributed by atoms with Crippen LogP contribution in [0.15, 0.2) is 63.6 Å². The van der Waals surface area contributed by atoms with Crippen LogP contribution in [0.2, 0.25) is 0 Å². The number of carbonyl (C=O) groups is 2. The molecule has 0 fully saturated rings. The van der Waals surface area contributed by atoms with Crippen molar-refractivity contribution in [1.29, 1.82) is 5.26 Å². The number of rotatable bonds is 5. The largest absolute Gasteiger partial charge is 0.325 e. The number of allylic oxidation sites excluding steroid dienone is 1. The molecule has 1 heterocycles. The number of hydrogen-bond acceptors (Lipinski definition) is 4. The third-order valence-corrected chi connectivity index (χ3v) is 5.59. The van der Waals surface area contributed by atoms with E-state index in [1.165, 1.54) is 24.3 Å². The van der Waals surface area contributed by atoms with Gasteiger partial charge < -0.3 is 10.6 Å². The summed E-state index contributed by atoms with van der Waals surface area (Å²) < 4.78 is 13.8. The maximum atomic E-state index is 12.9. The summed E-state index contributed by atoms with van der Waals surface area (Å²) in [6.45, 7) is 0. The highest BCUT2D eigenvalue weighted by atomic mass is 79.9. The zero-order valence-corrected chi connectivity index (χ0v) is 16.9. The number of halogens is 2. The molecule has 1 unspecified atom stereocenters. The molecular formula is C20H15BrFN3O2S. The third-order valence-electron chi connectivity index (χ3n) is 4.08. The molecule has 3 rings (SSSR count). The lowest BCUT2D eigenvalue weighted by atomic mass is 9.87. The first-order valence-electron chi connectivity index (χ1n) is 8.34. The lowest BCUT2D eigenvalue weighted by Gasteiger charge is -2.25. The van der Waals surface area contributed by atoms with Crippen LogP contribution in [-0.4, -0.2) is 17.6 Å². The Morgan fingerprint density at radius 2 is 2.07 bits per heavy atom. The highest BCUT2D eigenvalue weighted by Gasteiger charge is 2.30. The number of anilines is 1. The van der Waals surface area contributed by atoms with Crippen molar-refractivity contribution < 1.29 is 14.0 Å². The monoisotopic (exact) mass is 459 g/mol. The van der Waals surface area contributed by atoms with Gasteiger partial charge in [-0.2, -0.15) is 5.26 Å². The van der Waals surface area contributed by atoms with Gasteiger partial charge in [-0.25, -0.2) is 4.39 Å². The number of amides is 2. The predicted octanol–water partition coefficient (Wildman–Crippen LogP) is 4.30. The molecule has 142 valence electrons. The first-order chi connectivity index (χ1) is 13.5. The number of nitrogens with one attached hydrogen (secondary N) is 2. The molecule has 8 heteroatoms. The Morgan fingerprint density at radius 3 is 2.75 bits per heavy atom. The van der Waals surface area contributed by atoms with Crippen LogP contribution in [0.1, 0.15) is 17.9 Å². The lowest BCUT2D eigenvalue weighted by molar-refractivity contribution is -0.121. The van der Waals surface area contributed by atoms with Gasteiger partial charge >= 0.3 is 0 Å². The second-order valence-electron chi connectivity index (χ2n) is 6.06. The topological polar surface area (TPSA) is 82.0 Å². The van der Waals surface area contributed by atoms with E-state index < -0.39 is 0 Å². The zero-order chi connectivity index (χ0) is 20.1. The second-order valence-corrected chi connectivity index (χ2v) is 7.96. The summed E-state index contributed by atoms with van der Waals surface area (Å²) in [4.78, 5) is 24.3. The normalized spacial score (nSPS) is 16.3. The Labute approximate surface area is 174 Å². The van der Waals surface area contributed by atoms with Crippen molar-refractivity contribution in [3.05, 3.63) is 75.0 Å². The predicted molar refractivity (Wildman–Crippen MR) is 110 cm³/mol. The number of nitrogens with zero attached hydrogens (tertiary/aromatic N) is 1. The molecule has 0 saturated carbocycles. The maximum Gasteiger partial charge on any atom is 0.234 e. The molecule has 0 bridgehead atoms. The smallest absolute Gasteiger partial charge is 0.234 e. The lowest BCUT2D eigenvalue weighted by Crippen LogP contribution is -2.31. The zero-order valence-electron chi connectivity index (χ0n) is 14.5. The number of thioether (sulfide) groups is 1. The van der Waals surface area contributed by atoms with Crippen molar-refractivity contribution in [3.63, 3.8) is 0 Å². The standard InChI is InChI=1S/C20H15BrFN3O2S/c21-13-3-1-2-12(8-13)16-9-18(26)25-20(17(16)10-23)28-11-19(27)24-15-6-4-14(22)5-7-15/h1-8,16H,9,11H2,(H,24,27)(H,25,26). The summed E-state index contributed by atoms with van der Waals surface area (Å²) in [5.41, 5.74) is 1.76. The minimum absolute atomic E-state index is 0.00335. The number of carbonyl (C=O) groups excluding carboxylic acids is 2. The fraction of sp³-hybridized carbons (Fsp3) is 0.150. The molecule has 2 aromatic carbocycles. The quantitative estimate of drug-likeness (QED) is 0.698. The highest BCUT2D eigenvalue weighted by molar-refractivity contribution is 9.10. The Morgan fingerprint density at radius 1 is 1.32 bits per heavy atom. The van der Waals surface area contributed by atoms with Gasteiger partial charge in [0.25, 0.3) is 0 Å². The van der Waals surface area contributed by atoms with E-state index in [0.29, 0.717) is 16.3 Å². The van der Waals surface area contributed by atoms with Crippen LogP contribution in [0.4, 0.5) is 10.1 Å². The van der Waals surface area contributed by atoms with E-state index in [2.05, 4.69) is 32.6 Å². The van der Waals surface area contributed by atoms with Gasteiger partial charge in [0.1, 0.15) is 5.82 Å². The van der Waals surface area contributed by atoms with Crippen LogP contribution in [0.5, 0.6) is 0 Å². The van der Waals surface area contributed by atoms with Gasteiger partial charge in [0.2, 0.25) is 11.8 Å². The minimum atomic E-state index is -0.389. The van der Waals surface area contributed by atoms with Gasteiger partial charge in [-0.05, 0) is 42.0 Å². The van der Waals surface area contributed by atoms with Crippen molar-refractivity contribution in [3.8, 4) is 6.07 Å². The average Bonchev–Trinajstić information content (AvgIpc) is 2.67. The summed E-state index contributed by atoms with van der Waals surface area (Å²) in [7, 11) is 0. The van der Waals surface area contributed by atoms with Crippen LogP contribution >= 0.6 is 27.7 Å². The maximum absolute atomic E-state index is 12.9. The Hall–Kier alpha value is -2.63. The van der Waals surface area contributed by atoms with E-state index >= 15 is 0 Å². The molecule has 2 amide bonds. The first-order valence-corrected chi connectivity index (χ1v) is 10.1. The van der Waals surface area contributed by atoms with Gasteiger partial charge in [0, 0.05) is 22.5 Å². The van der Waals surface area contributed by atoms with E-state index in [1.54, 1.807) is 0 Å². The Kier molecular flexibility index (Phi) is 6.49. The fourth-order valence-corrected chi connectivity index (χ4v) is 4.10. The van der Waals surface area contributed by atoms with Crippen molar-refractivity contribution in [2.45, 2.75) is 12.3 Å². The Balaban J connectivity index is 1.74. The van der Waals surface area contributed by atoms with E-state index in [9.17, 15) is 19.2 Å². The molecule has 0 saturated heterocycles. The number of nitriles is 1. The molecule has 2 N–H and O–H groups in total. The van der Waals surface area contributed by atoms with E-state index in [0.717, 1.165) is 21.8 Å². The average molecular weight is 460 g/mol. The van der Waals surface area contributed by atoms with Crippen molar-refractivity contribution in [1.82, 2.24) is 5.32 Å². The molecule has 1 aliphatic rings. The van der Waals surface area contributed by atoms with Gasteiger partial charge in [0.15, 0.2) is 0 Å². The molecular weight excluding hydrogens is 445 g/mol. The minimum Gasteiger partial charge on any atom is -0.325 e. The summed E-state index contributed by atoms with van der Waals surface area (Å²) in [6, 6.07) is 15.1. The van der Waals surface area contributed by atoms with Crippen LogP contribution in [0.25, 0.3) is 0 Å². The fourth-order valence-electron chi connectivity index (χ4n) is 2.81. The van der Waals surface area contributed by atoms with Crippen molar-refractivity contribution in [2.24, 2.45) is 0 Å². The van der Waals surface area contributed by atoms with E-state index in [4.69, 9.17) is 0 Å². The highest BCUT2D eigenvalue weighted by Crippen LogP contribution is 2.36. The van der Waals surface area contributed by atoms with Crippen LogP contribution in [-0.2, 0) is 9.59 Å². The molecule has 0 aromatic heterocycles. The van der Waals surface area contributed by atoms with Crippen LogP contribution in [0.3, 0.4) is 0 Å². The summed E-state index contributed by atoms with van der Waals surface area (Å²) in [5, 5.41) is 15.4. The third kappa shape index (κ3) is 5.00. The van der Waals surface area contributed by atoms with E-state index in [-0.39, 0.29) is 35.7 Å². The molecule has 0 radical (unpaired) electrons. The molecule has 28 heavy (non-hydrogen) atoms.